The molecule has 1 atom stereocenters. The number of rotatable bonds is 4. The monoisotopic (exact) mass is 255 g/mol. The Labute approximate surface area is 105 Å². The van der Waals surface area contributed by atoms with E-state index in [1.807, 2.05) is 0 Å². The van der Waals surface area contributed by atoms with Crippen LogP contribution in [0.25, 0.3) is 0 Å². The van der Waals surface area contributed by atoms with Crippen LogP contribution in [0, 0.1) is 0 Å². The number of aryl methyl sites for hydroxylation is 1. The summed E-state index contributed by atoms with van der Waals surface area (Å²) in [4.78, 5) is 14.7. The van der Waals surface area contributed by atoms with Crippen molar-refractivity contribution >= 4 is 17.4 Å². The zero-order valence-corrected chi connectivity index (χ0v) is 10.7. The molecule has 0 spiro atoms. The summed E-state index contributed by atoms with van der Waals surface area (Å²) in [7, 11) is 0. The summed E-state index contributed by atoms with van der Waals surface area (Å²) >= 11 is 1.16. The highest BCUT2D eigenvalue weighted by atomic mass is 32.1. The lowest BCUT2D eigenvalue weighted by Gasteiger charge is -2.22. The van der Waals surface area contributed by atoms with Crippen molar-refractivity contribution in [1.29, 1.82) is 0 Å². The summed E-state index contributed by atoms with van der Waals surface area (Å²) in [5.74, 6) is -0.0139. The molecular weight excluding hydrogens is 238 g/mol. The Bertz CT molecular complexity index is 394. The van der Waals surface area contributed by atoms with Gasteiger partial charge in [0.05, 0.1) is 18.3 Å². The van der Waals surface area contributed by atoms with Crippen molar-refractivity contribution in [2.24, 2.45) is 0 Å². The van der Waals surface area contributed by atoms with Crippen molar-refractivity contribution in [2.75, 3.05) is 13.2 Å². The van der Waals surface area contributed by atoms with Crippen LogP contribution in [0.4, 0.5) is 0 Å². The molecule has 1 saturated heterocycles. The minimum atomic E-state index is -0.0286. The second-order valence-electron chi connectivity index (χ2n) is 4.28. The van der Waals surface area contributed by atoms with Gasteiger partial charge in [-0.25, -0.2) is 0 Å². The molecule has 0 aliphatic carbocycles. The van der Waals surface area contributed by atoms with E-state index in [-0.39, 0.29) is 18.6 Å². The summed E-state index contributed by atoms with van der Waals surface area (Å²) in [6.45, 7) is 2.83. The van der Waals surface area contributed by atoms with Crippen LogP contribution >= 0.6 is 11.5 Å². The molecule has 0 radical (unpaired) electrons. The summed E-state index contributed by atoms with van der Waals surface area (Å²) < 4.78 is 3.87. The van der Waals surface area contributed by atoms with Gasteiger partial charge in [-0.15, -0.1) is 5.10 Å². The highest BCUT2D eigenvalue weighted by molar-refractivity contribution is 7.08. The molecule has 1 unspecified atom stereocenters. The highest BCUT2D eigenvalue weighted by Crippen LogP contribution is 2.22. The van der Waals surface area contributed by atoms with Crippen molar-refractivity contribution in [1.82, 2.24) is 14.5 Å². The van der Waals surface area contributed by atoms with Gasteiger partial charge in [0.15, 0.2) is 0 Å². The number of aliphatic hydroxyl groups excluding tert-OH is 1. The van der Waals surface area contributed by atoms with Gasteiger partial charge in [0.2, 0.25) is 0 Å². The third kappa shape index (κ3) is 2.47. The molecule has 1 aliphatic rings. The Morgan fingerprint density at radius 1 is 1.65 bits per heavy atom. The molecule has 0 bridgehead atoms. The van der Waals surface area contributed by atoms with E-state index < -0.39 is 0 Å². The molecule has 17 heavy (non-hydrogen) atoms. The highest BCUT2D eigenvalue weighted by Gasteiger charge is 2.31. The summed E-state index contributed by atoms with van der Waals surface area (Å²) in [6, 6.07) is -0.0286. The number of likely N-dealkylation sites (tertiary alicyclic amines) is 1. The molecule has 1 aliphatic heterocycles. The first-order valence-corrected chi connectivity index (χ1v) is 6.78. The van der Waals surface area contributed by atoms with Crippen LogP contribution in [0.2, 0.25) is 0 Å². The molecule has 5 nitrogen and oxygen atoms in total. The lowest BCUT2D eigenvalue weighted by molar-refractivity contribution is 0.0681. The molecule has 0 saturated carbocycles. The molecule has 1 aromatic heterocycles. The van der Waals surface area contributed by atoms with E-state index in [1.165, 1.54) is 0 Å². The molecule has 94 valence electrons. The fourth-order valence-corrected chi connectivity index (χ4v) is 2.86. The largest absolute Gasteiger partial charge is 0.394 e. The van der Waals surface area contributed by atoms with E-state index in [0.717, 1.165) is 49.5 Å². The third-order valence-corrected chi connectivity index (χ3v) is 3.84. The molecule has 1 aromatic rings. The van der Waals surface area contributed by atoms with E-state index in [2.05, 4.69) is 16.5 Å². The van der Waals surface area contributed by atoms with Gasteiger partial charge in [-0.1, -0.05) is 17.8 Å². The average molecular weight is 255 g/mol. The van der Waals surface area contributed by atoms with Gasteiger partial charge in [-0.3, -0.25) is 4.79 Å². The maximum absolute atomic E-state index is 12.3. The number of hydrogen-bond acceptors (Lipinski definition) is 5. The standard InChI is InChI=1S/C11H17N3O2S/c1-2-4-9-10(17-13-12-9)11(16)14-6-3-5-8(14)7-15/h8,15H,2-7H2,1H3. The number of carbonyl (C=O) groups is 1. The Kier molecular flexibility index (Phi) is 4.06. The predicted octanol–water partition coefficient (Wildman–Crippen LogP) is 1.09. The smallest absolute Gasteiger partial charge is 0.267 e. The molecule has 1 amide bonds. The quantitative estimate of drug-likeness (QED) is 0.874. The van der Waals surface area contributed by atoms with E-state index in [0.29, 0.717) is 4.88 Å². The molecule has 0 aromatic carbocycles. The summed E-state index contributed by atoms with van der Waals surface area (Å²) in [5.41, 5.74) is 0.797. The SMILES string of the molecule is CCCc1nnsc1C(=O)N1CCCC1CO. The molecule has 2 heterocycles. The van der Waals surface area contributed by atoms with Gasteiger partial charge >= 0.3 is 0 Å². The Morgan fingerprint density at radius 2 is 2.47 bits per heavy atom. The minimum Gasteiger partial charge on any atom is -0.394 e. The number of carbonyl (C=O) groups excluding carboxylic acids is 1. The summed E-state index contributed by atoms with van der Waals surface area (Å²) in [6.07, 6.45) is 3.59. The van der Waals surface area contributed by atoms with Gasteiger partial charge in [0.1, 0.15) is 4.88 Å². The zero-order chi connectivity index (χ0) is 12.3. The van der Waals surface area contributed by atoms with Crippen LogP contribution in [-0.2, 0) is 6.42 Å². The molecular formula is C11H17N3O2S. The van der Waals surface area contributed by atoms with E-state index in [4.69, 9.17) is 0 Å². The van der Waals surface area contributed by atoms with Crippen molar-refractivity contribution in [3.05, 3.63) is 10.6 Å². The summed E-state index contributed by atoms with van der Waals surface area (Å²) in [5, 5.41) is 13.2. The first kappa shape index (κ1) is 12.4. The lowest BCUT2D eigenvalue weighted by Crippen LogP contribution is -2.37. The third-order valence-electron chi connectivity index (χ3n) is 3.09. The minimum absolute atomic E-state index is 0.0139. The number of hydrogen-bond donors (Lipinski definition) is 1. The van der Waals surface area contributed by atoms with E-state index >= 15 is 0 Å². The van der Waals surface area contributed by atoms with Crippen LogP contribution < -0.4 is 0 Å². The van der Waals surface area contributed by atoms with Gasteiger partial charge in [0, 0.05) is 6.54 Å². The number of aromatic nitrogens is 2. The van der Waals surface area contributed by atoms with Crippen molar-refractivity contribution < 1.29 is 9.90 Å². The molecule has 1 fully saturated rings. The normalized spacial score (nSPS) is 19.9. The maximum atomic E-state index is 12.3. The predicted molar refractivity (Wildman–Crippen MR) is 65.0 cm³/mol. The molecule has 6 heteroatoms. The number of nitrogens with zero attached hydrogens (tertiary/aromatic N) is 3. The van der Waals surface area contributed by atoms with Gasteiger partial charge in [-0.2, -0.15) is 0 Å². The van der Waals surface area contributed by atoms with Crippen LogP contribution in [0.1, 0.15) is 41.6 Å². The van der Waals surface area contributed by atoms with Crippen LogP contribution in [0.5, 0.6) is 0 Å². The average Bonchev–Trinajstić information content (AvgIpc) is 2.96. The van der Waals surface area contributed by atoms with Crippen LogP contribution in [-0.4, -0.2) is 44.7 Å². The number of aliphatic hydroxyl groups is 1. The first-order chi connectivity index (χ1) is 8.27. The lowest BCUT2D eigenvalue weighted by atomic mass is 10.2. The fraction of sp³-hybridized carbons (Fsp3) is 0.727. The van der Waals surface area contributed by atoms with Gasteiger partial charge in [-0.05, 0) is 30.8 Å². The van der Waals surface area contributed by atoms with Crippen LogP contribution in [0.3, 0.4) is 0 Å². The Hall–Kier alpha value is -1.01. The van der Waals surface area contributed by atoms with Gasteiger partial charge in [0.25, 0.3) is 5.91 Å². The van der Waals surface area contributed by atoms with Gasteiger partial charge < -0.3 is 10.0 Å². The van der Waals surface area contributed by atoms with Crippen molar-refractivity contribution in [2.45, 2.75) is 38.6 Å². The van der Waals surface area contributed by atoms with Crippen molar-refractivity contribution in [3.8, 4) is 0 Å². The molecule has 2 rings (SSSR count). The topological polar surface area (TPSA) is 66.3 Å². The van der Waals surface area contributed by atoms with E-state index in [9.17, 15) is 9.90 Å². The first-order valence-electron chi connectivity index (χ1n) is 6.01. The zero-order valence-electron chi connectivity index (χ0n) is 9.93. The maximum Gasteiger partial charge on any atom is 0.267 e. The van der Waals surface area contributed by atoms with Crippen LogP contribution in [0.15, 0.2) is 0 Å². The second-order valence-corrected chi connectivity index (χ2v) is 5.03. The second kappa shape index (κ2) is 5.55. The Balaban J connectivity index is 2.15. The van der Waals surface area contributed by atoms with Crippen molar-refractivity contribution in [3.63, 3.8) is 0 Å². The molecule has 1 N–H and O–H groups in total. The fourth-order valence-electron chi connectivity index (χ4n) is 2.19. The van der Waals surface area contributed by atoms with E-state index in [1.54, 1.807) is 4.90 Å². The number of amides is 1. The Morgan fingerprint density at radius 3 is 3.18 bits per heavy atom.